The lowest BCUT2D eigenvalue weighted by molar-refractivity contribution is 0.291. The highest BCUT2D eigenvalue weighted by atomic mass is 35.5. The third-order valence-electron chi connectivity index (χ3n) is 5.66. The van der Waals surface area contributed by atoms with Crippen LogP contribution in [0.5, 0.6) is 0 Å². The Morgan fingerprint density at radius 2 is 1.74 bits per heavy atom. The van der Waals surface area contributed by atoms with Gasteiger partial charge >= 0.3 is 0 Å². The molecule has 4 heteroatoms. The van der Waals surface area contributed by atoms with Crippen LogP contribution in [0.2, 0.25) is 10.0 Å². The molecule has 0 amide bonds. The van der Waals surface area contributed by atoms with Crippen molar-refractivity contribution in [3.63, 3.8) is 0 Å². The number of benzene rings is 1. The van der Waals surface area contributed by atoms with Crippen molar-refractivity contribution in [1.29, 1.82) is 0 Å². The number of nitrogens with zero attached hydrogens (tertiary/aromatic N) is 1. The Balaban J connectivity index is 1.81. The molecule has 1 aromatic heterocycles. The number of aromatic nitrogens is 2. The SMILES string of the molecule is Clc1ccc(C2(c3n[nH]c4c3CCCCCC4)CCC2)c(Cl)c1. The first-order valence-electron chi connectivity index (χ1n) is 8.73. The first-order valence-corrected chi connectivity index (χ1v) is 9.48. The van der Waals surface area contributed by atoms with Gasteiger partial charge in [0.1, 0.15) is 0 Å². The smallest absolute Gasteiger partial charge is 0.0762 e. The number of nitrogens with one attached hydrogen (secondary N) is 1. The third kappa shape index (κ3) is 2.60. The van der Waals surface area contributed by atoms with Crippen molar-refractivity contribution >= 4 is 23.2 Å². The van der Waals surface area contributed by atoms with Crippen molar-refractivity contribution in [2.45, 2.75) is 63.2 Å². The van der Waals surface area contributed by atoms with Gasteiger partial charge in [0.2, 0.25) is 0 Å². The van der Waals surface area contributed by atoms with Crippen LogP contribution in [0.3, 0.4) is 0 Å². The van der Waals surface area contributed by atoms with Gasteiger partial charge in [-0.1, -0.05) is 48.5 Å². The molecule has 0 saturated heterocycles. The minimum Gasteiger partial charge on any atom is -0.282 e. The third-order valence-corrected chi connectivity index (χ3v) is 6.21. The van der Waals surface area contributed by atoms with Crippen LogP contribution in [0, 0.1) is 0 Å². The van der Waals surface area contributed by atoms with Crippen LogP contribution < -0.4 is 0 Å². The van der Waals surface area contributed by atoms with E-state index in [4.69, 9.17) is 28.3 Å². The summed E-state index contributed by atoms with van der Waals surface area (Å²) >= 11 is 12.7. The second-order valence-corrected chi connectivity index (χ2v) is 7.85. The Labute approximate surface area is 147 Å². The number of rotatable bonds is 2. The second kappa shape index (κ2) is 6.14. The summed E-state index contributed by atoms with van der Waals surface area (Å²) in [4.78, 5) is 0. The van der Waals surface area contributed by atoms with E-state index in [9.17, 15) is 0 Å². The van der Waals surface area contributed by atoms with Gasteiger partial charge in [0.25, 0.3) is 0 Å². The maximum atomic E-state index is 6.56. The van der Waals surface area contributed by atoms with Crippen molar-refractivity contribution in [1.82, 2.24) is 10.2 Å². The molecule has 0 atom stereocenters. The van der Waals surface area contributed by atoms with Crippen molar-refractivity contribution in [2.75, 3.05) is 0 Å². The van der Waals surface area contributed by atoms with E-state index in [2.05, 4.69) is 11.2 Å². The molecule has 122 valence electrons. The zero-order chi connectivity index (χ0) is 15.9. The van der Waals surface area contributed by atoms with Crippen LogP contribution in [0.15, 0.2) is 18.2 Å². The molecule has 1 N–H and O–H groups in total. The van der Waals surface area contributed by atoms with E-state index in [1.807, 2.05) is 12.1 Å². The summed E-state index contributed by atoms with van der Waals surface area (Å²) in [5.74, 6) is 0. The standard InChI is InChI=1S/C19H22Cl2N2/c20-13-8-9-15(16(21)12-13)19(10-5-11-19)18-14-6-3-1-2-4-7-17(14)22-23-18/h8-9,12H,1-7,10-11H2,(H,22,23). The van der Waals surface area contributed by atoms with Gasteiger partial charge in [-0.15, -0.1) is 0 Å². The lowest BCUT2D eigenvalue weighted by Gasteiger charge is -2.42. The summed E-state index contributed by atoms with van der Waals surface area (Å²) < 4.78 is 0. The van der Waals surface area contributed by atoms with E-state index in [0.717, 1.165) is 30.7 Å². The van der Waals surface area contributed by atoms with Crippen LogP contribution in [-0.2, 0) is 18.3 Å². The summed E-state index contributed by atoms with van der Waals surface area (Å²) in [7, 11) is 0. The van der Waals surface area contributed by atoms with Gasteiger partial charge in [-0.05, 0) is 61.8 Å². The average Bonchev–Trinajstić information content (AvgIpc) is 2.82. The van der Waals surface area contributed by atoms with E-state index in [1.54, 1.807) is 0 Å². The van der Waals surface area contributed by atoms with Crippen LogP contribution in [-0.4, -0.2) is 10.2 Å². The molecule has 0 bridgehead atoms. The fourth-order valence-corrected chi connectivity index (χ4v) is 4.86. The topological polar surface area (TPSA) is 28.7 Å². The van der Waals surface area contributed by atoms with E-state index in [1.165, 1.54) is 54.6 Å². The molecular weight excluding hydrogens is 327 g/mol. The summed E-state index contributed by atoms with van der Waals surface area (Å²) in [5, 5.41) is 9.63. The van der Waals surface area contributed by atoms with Crippen LogP contribution in [0.25, 0.3) is 0 Å². The largest absolute Gasteiger partial charge is 0.282 e. The predicted molar refractivity (Wildman–Crippen MR) is 95.6 cm³/mol. The molecule has 1 saturated carbocycles. The molecule has 0 aliphatic heterocycles. The molecule has 1 heterocycles. The Kier molecular flexibility index (Phi) is 4.15. The molecule has 2 aliphatic carbocycles. The molecule has 1 aromatic carbocycles. The van der Waals surface area contributed by atoms with Crippen LogP contribution in [0.4, 0.5) is 0 Å². The molecule has 4 rings (SSSR count). The highest BCUT2D eigenvalue weighted by molar-refractivity contribution is 6.35. The van der Waals surface area contributed by atoms with Crippen molar-refractivity contribution in [2.24, 2.45) is 0 Å². The molecule has 2 aliphatic rings. The monoisotopic (exact) mass is 348 g/mol. The Bertz CT molecular complexity index is 716. The van der Waals surface area contributed by atoms with Crippen molar-refractivity contribution in [3.8, 4) is 0 Å². The fourth-order valence-electron chi connectivity index (χ4n) is 4.27. The fraction of sp³-hybridized carbons (Fsp3) is 0.526. The maximum absolute atomic E-state index is 6.56. The number of aryl methyl sites for hydroxylation is 1. The molecule has 0 radical (unpaired) electrons. The van der Waals surface area contributed by atoms with Crippen LogP contribution in [0.1, 0.15) is 67.5 Å². The van der Waals surface area contributed by atoms with Gasteiger partial charge in [0.05, 0.1) is 5.69 Å². The molecular formula is C19H22Cl2N2. The van der Waals surface area contributed by atoms with Crippen LogP contribution >= 0.6 is 23.2 Å². The van der Waals surface area contributed by atoms with Gasteiger partial charge in [0.15, 0.2) is 0 Å². The highest BCUT2D eigenvalue weighted by Gasteiger charge is 2.45. The summed E-state index contributed by atoms with van der Waals surface area (Å²) in [6.45, 7) is 0. The number of H-pyrrole nitrogens is 1. The minimum atomic E-state index is -0.00898. The summed E-state index contributed by atoms with van der Waals surface area (Å²) in [5.41, 5.74) is 5.27. The molecule has 2 nitrogen and oxygen atoms in total. The molecule has 0 spiro atoms. The van der Waals surface area contributed by atoms with Gasteiger partial charge < -0.3 is 0 Å². The quantitative estimate of drug-likeness (QED) is 0.724. The highest BCUT2D eigenvalue weighted by Crippen LogP contribution is 2.52. The first-order chi connectivity index (χ1) is 11.2. The summed E-state index contributed by atoms with van der Waals surface area (Å²) in [6.07, 6.45) is 11.0. The first kappa shape index (κ1) is 15.5. The van der Waals surface area contributed by atoms with E-state index >= 15 is 0 Å². The zero-order valence-electron chi connectivity index (χ0n) is 13.3. The van der Waals surface area contributed by atoms with E-state index < -0.39 is 0 Å². The lowest BCUT2D eigenvalue weighted by atomic mass is 9.61. The zero-order valence-corrected chi connectivity index (χ0v) is 14.8. The normalized spacial score (nSPS) is 20.3. The molecule has 1 fully saturated rings. The number of halogens is 2. The minimum absolute atomic E-state index is 0.00898. The second-order valence-electron chi connectivity index (χ2n) is 7.00. The number of hydrogen-bond acceptors (Lipinski definition) is 1. The van der Waals surface area contributed by atoms with E-state index in [-0.39, 0.29) is 5.41 Å². The average molecular weight is 349 g/mol. The maximum Gasteiger partial charge on any atom is 0.0762 e. The molecule has 23 heavy (non-hydrogen) atoms. The molecule has 2 aromatic rings. The van der Waals surface area contributed by atoms with Gasteiger partial charge in [-0.25, -0.2) is 0 Å². The van der Waals surface area contributed by atoms with Crippen molar-refractivity contribution < 1.29 is 0 Å². The number of fused-ring (bicyclic) bond motifs is 1. The van der Waals surface area contributed by atoms with Gasteiger partial charge in [-0.2, -0.15) is 5.10 Å². The van der Waals surface area contributed by atoms with Gasteiger partial charge in [-0.3, -0.25) is 5.10 Å². The number of hydrogen-bond donors (Lipinski definition) is 1. The number of aromatic amines is 1. The Hall–Kier alpha value is -0.990. The predicted octanol–water partition coefficient (Wildman–Crippen LogP) is 5.85. The van der Waals surface area contributed by atoms with E-state index in [0.29, 0.717) is 5.02 Å². The lowest BCUT2D eigenvalue weighted by Crippen LogP contribution is -2.37. The van der Waals surface area contributed by atoms with Crippen molar-refractivity contribution in [3.05, 3.63) is 50.8 Å². The Morgan fingerprint density at radius 3 is 2.43 bits per heavy atom. The molecule has 0 unspecified atom stereocenters. The Morgan fingerprint density at radius 1 is 0.957 bits per heavy atom. The van der Waals surface area contributed by atoms with Gasteiger partial charge in [0, 0.05) is 21.2 Å². The summed E-state index contributed by atoms with van der Waals surface area (Å²) in [6, 6.07) is 5.93.